The van der Waals surface area contributed by atoms with Crippen molar-refractivity contribution in [1.82, 2.24) is 5.16 Å². The normalized spacial score (nSPS) is 10.6. The highest BCUT2D eigenvalue weighted by Gasteiger charge is 2.11. The van der Waals surface area contributed by atoms with E-state index >= 15 is 0 Å². The fourth-order valence-corrected chi connectivity index (χ4v) is 1.65. The Balaban J connectivity index is 2.55. The number of nitrogen functional groups attached to an aromatic ring is 1. The Labute approximate surface area is 96.4 Å². The Kier molecular flexibility index (Phi) is 2.52. The highest BCUT2D eigenvalue weighted by molar-refractivity contribution is 9.10. The van der Waals surface area contributed by atoms with Crippen molar-refractivity contribution < 1.29 is 4.52 Å². The van der Waals surface area contributed by atoms with E-state index in [1.54, 1.807) is 0 Å². The fourth-order valence-electron chi connectivity index (χ4n) is 1.40. The van der Waals surface area contributed by atoms with Crippen LogP contribution in [0.1, 0.15) is 11.1 Å². The Morgan fingerprint density at radius 1 is 1.33 bits per heavy atom. The smallest absolute Gasteiger partial charge is 0.171 e. The highest BCUT2D eigenvalue weighted by Crippen LogP contribution is 2.29. The molecular weight excluding hydrogens is 256 g/mol. The van der Waals surface area contributed by atoms with Crippen LogP contribution in [0.15, 0.2) is 27.2 Å². The topological polar surface area (TPSA) is 52.0 Å². The molecule has 2 aromatic rings. The van der Waals surface area contributed by atoms with Crippen LogP contribution in [-0.2, 0) is 0 Å². The maximum Gasteiger partial charge on any atom is 0.171 e. The maximum atomic E-state index is 5.63. The molecule has 3 nitrogen and oxygen atoms in total. The molecule has 0 atom stereocenters. The summed E-state index contributed by atoms with van der Waals surface area (Å²) in [5.41, 5.74) is 8.67. The number of halogens is 1. The first-order chi connectivity index (χ1) is 7.09. The monoisotopic (exact) mass is 266 g/mol. The predicted octanol–water partition coefficient (Wildman–Crippen LogP) is 3.30. The predicted molar refractivity (Wildman–Crippen MR) is 63.5 cm³/mol. The lowest BCUT2D eigenvalue weighted by molar-refractivity contribution is 0.435. The third-order valence-electron chi connectivity index (χ3n) is 2.38. The first kappa shape index (κ1) is 10.2. The molecule has 0 amide bonds. The zero-order valence-electron chi connectivity index (χ0n) is 8.54. The number of nitrogens with zero attached hydrogens (tertiary/aromatic N) is 1. The Morgan fingerprint density at radius 2 is 2.07 bits per heavy atom. The summed E-state index contributed by atoms with van der Waals surface area (Å²) in [6.07, 6.45) is 0. The van der Waals surface area contributed by atoms with Crippen LogP contribution in [0.2, 0.25) is 0 Å². The molecule has 0 spiro atoms. The third kappa shape index (κ3) is 1.77. The van der Waals surface area contributed by atoms with Gasteiger partial charge in [-0.25, -0.2) is 0 Å². The Morgan fingerprint density at radius 3 is 2.60 bits per heavy atom. The highest BCUT2D eigenvalue weighted by atomic mass is 79.9. The van der Waals surface area contributed by atoms with E-state index in [2.05, 4.69) is 21.1 Å². The molecule has 0 fully saturated rings. The largest absolute Gasteiger partial charge is 0.381 e. The fraction of sp³-hybridized carbons (Fsp3) is 0.182. The summed E-state index contributed by atoms with van der Waals surface area (Å²) in [6.45, 7) is 3.93. The van der Waals surface area contributed by atoms with Gasteiger partial charge in [0.25, 0.3) is 0 Å². The summed E-state index contributed by atoms with van der Waals surface area (Å²) >= 11 is 3.45. The van der Waals surface area contributed by atoms with E-state index in [0.717, 1.165) is 26.9 Å². The number of rotatable bonds is 1. The van der Waals surface area contributed by atoms with Crippen molar-refractivity contribution in [2.75, 3.05) is 5.73 Å². The summed E-state index contributed by atoms with van der Waals surface area (Å²) in [5.74, 6) is 1.19. The van der Waals surface area contributed by atoms with Crippen molar-refractivity contribution in [3.05, 3.63) is 33.8 Å². The van der Waals surface area contributed by atoms with Crippen LogP contribution in [0.4, 0.5) is 5.82 Å². The van der Waals surface area contributed by atoms with Gasteiger partial charge < -0.3 is 10.3 Å². The van der Waals surface area contributed by atoms with Gasteiger partial charge in [0.2, 0.25) is 0 Å². The Hall–Kier alpha value is -1.29. The molecule has 2 rings (SSSR count). The van der Waals surface area contributed by atoms with E-state index in [1.165, 1.54) is 0 Å². The molecule has 0 saturated carbocycles. The average Bonchev–Trinajstić information content (AvgIpc) is 2.53. The van der Waals surface area contributed by atoms with Crippen LogP contribution in [0, 0.1) is 13.8 Å². The van der Waals surface area contributed by atoms with Gasteiger partial charge in [-0.05, 0) is 37.6 Å². The number of hydrogen-bond donors (Lipinski definition) is 1. The molecule has 2 N–H and O–H groups in total. The molecule has 0 aliphatic carbocycles. The van der Waals surface area contributed by atoms with Crippen LogP contribution in [0.3, 0.4) is 0 Å². The average molecular weight is 267 g/mol. The van der Waals surface area contributed by atoms with Crippen molar-refractivity contribution >= 4 is 21.7 Å². The van der Waals surface area contributed by atoms with E-state index in [1.807, 2.05) is 32.0 Å². The molecule has 1 aromatic heterocycles. The second-order valence-electron chi connectivity index (χ2n) is 3.49. The number of nitrogens with two attached hydrogens (primary N) is 1. The van der Waals surface area contributed by atoms with Crippen LogP contribution < -0.4 is 5.73 Å². The number of aromatic nitrogens is 1. The minimum Gasteiger partial charge on any atom is -0.381 e. The lowest BCUT2D eigenvalue weighted by Crippen LogP contribution is -1.86. The van der Waals surface area contributed by atoms with Gasteiger partial charge in [-0.15, -0.1) is 0 Å². The van der Waals surface area contributed by atoms with Crippen LogP contribution in [0.25, 0.3) is 11.3 Å². The number of hydrogen-bond acceptors (Lipinski definition) is 3. The first-order valence-corrected chi connectivity index (χ1v) is 5.37. The van der Waals surface area contributed by atoms with Crippen LogP contribution in [0.5, 0.6) is 0 Å². The number of benzene rings is 1. The molecule has 78 valence electrons. The van der Waals surface area contributed by atoms with Crippen molar-refractivity contribution in [3.63, 3.8) is 0 Å². The second kappa shape index (κ2) is 3.70. The van der Waals surface area contributed by atoms with Crippen LogP contribution in [-0.4, -0.2) is 5.16 Å². The molecule has 0 unspecified atom stereocenters. The molecule has 0 saturated heterocycles. The van der Waals surface area contributed by atoms with Gasteiger partial charge in [0.1, 0.15) is 0 Å². The van der Waals surface area contributed by atoms with Crippen molar-refractivity contribution in [3.8, 4) is 11.3 Å². The number of anilines is 1. The molecule has 1 heterocycles. The zero-order valence-corrected chi connectivity index (χ0v) is 10.1. The van der Waals surface area contributed by atoms with Gasteiger partial charge in [-0.2, -0.15) is 0 Å². The van der Waals surface area contributed by atoms with Gasteiger partial charge in [0, 0.05) is 15.6 Å². The van der Waals surface area contributed by atoms with Gasteiger partial charge in [0.15, 0.2) is 11.6 Å². The van der Waals surface area contributed by atoms with E-state index in [9.17, 15) is 0 Å². The lowest BCUT2D eigenvalue weighted by atomic mass is 10.1. The zero-order chi connectivity index (χ0) is 11.0. The molecule has 1 aromatic carbocycles. The minimum atomic E-state index is 0.450. The molecule has 0 radical (unpaired) electrons. The molecule has 15 heavy (non-hydrogen) atoms. The van der Waals surface area contributed by atoms with E-state index in [-0.39, 0.29) is 0 Å². The number of aryl methyl sites for hydroxylation is 1. The van der Waals surface area contributed by atoms with E-state index < -0.39 is 0 Å². The van der Waals surface area contributed by atoms with Crippen molar-refractivity contribution in [2.45, 2.75) is 13.8 Å². The summed E-state index contributed by atoms with van der Waals surface area (Å²) in [5, 5.41) is 3.74. The molecule has 0 aliphatic heterocycles. The summed E-state index contributed by atoms with van der Waals surface area (Å²) in [4.78, 5) is 0. The van der Waals surface area contributed by atoms with Crippen molar-refractivity contribution in [2.24, 2.45) is 0 Å². The summed E-state index contributed by atoms with van der Waals surface area (Å²) in [7, 11) is 0. The molecule has 0 aliphatic rings. The lowest BCUT2D eigenvalue weighted by Gasteiger charge is -2.01. The third-order valence-corrected chi connectivity index (χ3v) is 3.27. The SMILES string of the molecule is Cc1cc(-c2onc(N)c2C)ccc1Br. The van der Waals surface area contributed by atoms with E-state index in [0.29, 0.717) is 5.82 Å². The van der Waals surface area contributed by atoms with Gasteiger partial charge >= 0.3 is 0 Å². The molecule has 4 heteroatoms. The standard InChI is InChI=1S/C11H11BrN2O/c1-6-5-8(3-4-9(6)12)10-7(2)11(13)14-15-10/h3-5H,1-2H3,(H2,13,14). The van der Waals surface area contributed by atoms with Crippen LogP contribution >= 0.6 is 15.9 Å². The van der Waals surface area contributed by atoms with Crippen molar-refractivity contribution in [1.29, 1.82) is 0 Å². The quantitative estimate of drug-likeness (QED) is 0.862. The minimum absolute atomic E-state index is 0.450. The van der Waals surface area contributed by atoms with Gasteiger partial charge in [-0.3, -0.25) is 0 Å². The van der Waals surface area contributed by atoms with Gasteiger partial charge in [-0.1, -0.05) is 21.1 Å². The first-order valence-electron chi connectivity index (χ1n) is 4.58. The molecular formula is C11H11BrN2O. The van der Waals surface area contributed by atoms with Gasteiger partial charge in [0.05, 0.1) is 0 Å². The Bertz CT molecular complexity index is 505. The van der Waals surface area contributed by atoms with E-state index in [4.69, 9.17) is 10.3 Å². The summed E-state index contributed by atoms with van der Waals surface area (Å²) < 4.78 is 6.27. The summed E-state index contributed by atoms with van der Waals surface area (Å²) in [6, 6.07) is 6.00. The second-order valence-corrected chi connectivity index (χ2v) is 4.34. The maximum absolute atomic E-state index is 5.63. The molecule has 0 bridgehead atoms.